The molecule has 0 bridgehead atoms. The molecule has 6 rings (SSSR count). The second kappa shape index (κ2) is 23.7. The van der Waals surface area contributed by atoms with Crippen LogP contribution < -0.4 is 5.19 Å². The van der Waals surface area contributed by atoms with Crippen molar-refractivity contribution in [3.05, 3.63) is 137 Å². The molecule has 9 heteroatoms. The summed E-state index contributed by atoms with van der Waals surface area (Å²) in [6.45, 7) is 27.7. The number of hydrogen-bond donors (Lipinski definition) is 1. The van der Waals surface area contributed by atoms with E-state index in [0.717, 1.165) is 45.3 Å². The topological polar surface area (TPSA) is 63.1 Å². The van der Waals surface area contributed by atoms with E-state index in [0.29, 0.717) is 18.8 Å². The summed E-state index contributed by atoms with van der Waals surface area (Å²) in [7, 11) is -1.42. The normalized spacial score (nSPS) is 12.5. The third kappa shape index (κ3) is 14.5. The van der Waals surface area contributed by atoms with Crippen molar-refractivity contribution >= 4 is 40.6 Å². The van der Waals surface area contributed by atoms with Crippen molar-refractivity contribution < 1.29 is 43.2 Å². The zero-order valence-corrected chi connectivity index (χ0v) is 43.4. The number of ketones is 1. The van der Waals surface area contributed by atoms with Gasteiger partial charge < -0.3 is 15.1 Å². The quantitative estimate of drug-likeness (QED) is 0.0574. The Hall–Kier alpha value is -4.43. The molecule has 0 aliphatic rings. The standard InChI is InChI=1S/C22H26NSi.C20H20N.C13H21F3O2.Ir/c1-15(2)24(5,6)20-7-8-21-18(14-20)9-10-23-22(21)19-12-16(3)11-17(4)13-19;1-13(2)16-5-6-19-17(12-16)7-8-21-20(19)18-10-14(3)9-15(4)11-18;1-4-9(5-2)11(17)7-12(18)10(6-3)8-13(14,15)16;/h7-12,14-15H,1-6H3;5-10,12-13H,1-4H3;7,9-10,18H,4-6,8H2,1-3H3;/q2*-1;;/b;;12-7-;. The molecule has 345 valence electrons. The number of nitrogens with zero attached hydrogens (tertiary/aromatic N) is 2. The van der Waals surface area contributed by atoms with Crippen LogP contribution in [0.4, 0.5) is 13.2 Å². The molecular formula is C55H67F3IrN2O2Si-2. The van der Waals surface area contributed by atoms with Gasteiger partial charge in [-0.3, -0.25) is 4.79 Å². The second-order valence-corrected chi connectivity index (χ2v) is 23.4. The first-order valence-corrected chi connectivity index (χ1v) is 25.5. The van der Waals surface area contributed by atoms with Crippen molar-refractivity contribution in [3.63, 3.8) is 0 Å². The van der Waals surface area contributed by atoms with Gasteiger partial charge in [0.15, 0.2) is 5.78 Å². The van der Waals surface area contributed by atoms with Crippen LogP contribution in [-0.4, -0.2) is 35.1 Å². The number of aliphatic hydroxyl groups is 1. The molecule has 0 aliphatic heterocycles. The zero-order valence-electron chi connectivity index (χ0n) is 40.0. The SMILES string of the molecule is CCC(CC)C(=O)/C=C(\O)C(CC)CC(F)(F)F.Cc1[c-]c(-c2nccc3cc(C(C)C)ccc23)cc(C)c1.Cc1[c-]c(-c2nccc3cc([Si](C)(C)C(C)C)ccc23)cc(C)c1.[Ir]. The van der Waals surface area contributed by atoms with Gasteiger partial charge in [-0.05, 0) is 81.4 Å². The Morgan fingerprint density at radius 2 is 1.17 bits per heavy atom. The number of pyridine rings is 2. The van der Waals surface area contributed by atoms with Gasteiger partial charge in [0.25, 0.3) is 0 Å². The molecule has 0 spiro atoms. The molecule has 1 N–H and O–H groups in total. The monoisotopic (exact) mass is 1070 g/mol. The van der Waals surface area contributed by atoms with E-state index in [-0.39, 0.29) is 38.2 Å². The number of rotatable bonds is 12. The number of hydrogen-bond acceptors (Lipinski definition) is 4. The first-order valence-electron chi connectivity index (χ1n) is 22.4. The van der Waals surface area contributed by atoms with E-state index >= 15 is 0 Å². The summed E-state index contributed by atoms with van der Waals surface area (Å²) in [6, 6.07) is 33.4. The molecule has 0 saturated carbocycles. The van der Waals surface area contributed by atoms with E-state index in [1.165, 1.54) is 43.4 Å². The number of benzene rings is 4. The maximum atomic E-state index is 12.3. The molecule has 0 fully saturated rings. The number of halogens is 3. The van der Waals surface area contributed by atoms with E-state index in [1.54, 1.807) is 6.92 Å². The average Bonchev–Trinajstić information content (AvgIpc) is 3.21. The van der Waals surface area contributed by atoms with Crippen LogP contribution in [0.25, 0.3) is 44.1 Å². The zero-order chi connectivity index (χ0) is 46.8. The number of aryl methyl sites for hydroxylation is 4. The Bertz CT molecular complexity index is 2480. The maximum Gasteiger partial charge on any atom is 0.389 e. The predicted octanol–water partition coefficient (Wildman–Crippen LogP) is 15.5. The minimum atomic E-state index is -4.33. The fraction of sp³-hybridized carbons (Fsp3) is 0.400. The van der Waals surface area contributed by atoms with Crippen LogP contribution in [-0.2, 0) is 24.9 Å². The molecule has 1 atom stereocenters. The van der Waals surface area contributed by atoms with E-state index < -0.39 is 32.3 Å². The van der Waals surface area contributed by atoms with Crippen LogP contribution in [0.1, 0.15) is 108 Å². The first kappa shape index (κ1) is 53.9. The van der Waals surface area contributed by atoms with Gasteiger partial charge in [-0.15, -0.1) is 69.8 Å². The second-order valence-electron chi connectivity index (χ2n) is 18.2. The molecular weight excluding hydrogens is 998 g/mol. The number of fused-ring (bicyclic) bond motifs is 2. The van der Waals surface area contributed by atoms with Gasteiger partial charge in [0.2, 0.25) is 0 Å². The van der Waals surface area contributed by atoms with Crippen molar-refractivity contribution in [1.29, 1.82) is 0 Å². The van der Waals surface area contributed by atoms with Gasteiger partial charge in [-0.2, -0.15) is 13.2 Å². The third-order valence-corrected chi connectivity index (χ3v) is 17.0. The Morgan fingerprint density at radius 3 is 1.59 bits per heavy atom. The molecule has 0 saturated heterocycles. The summed E-state index contributed by atoms with van der Waals surface area (Å²) in [6.07, 6.45) is 0.757. The fourth-order valence-electron chi connectivity index (χ4n) is 7.75. The molecule has 6 aromatic rings. The number of carbonyl (C=O) groups is 1. The van der Waals surface area contributed by atoms with Crippen LogP contribution >= 0.6 is 0 Å². The van der Waals surface area contributed by atoms with Crippen molar-refractivity contribution in [2.75, 3.05) is 0 Å². The van der Waals surface area contributed by atoms with E-state index in [2.05, 4.69) is 163 Å². The Labute approximate surface area is 395 Å². The van der Waals surface area contributed by atoms with Gasteiger partial charge in [0.1, 0.15) is 0 Å². The van der Waals surface area contributed by atoms with Gasteiger partial charge in [0.05, 0.1) is 20.3 Å². The van der Waals surface area contributed by atoms with Gasteiger partial charge in [-0.1, -0.05) is 131 Å². The molecule has 4 aromatic carbocycles. The molecule has 1 unspecified atom stereocenters. The molecule has 4 nitrogen and oxygen atoms in total. The Morgan fingerprint density at radius 1 is 0.703 bits per heavy atom. The minimum absolute atomic E-state index is 0. The number of aliphatic hydroxyl groups excluding tert-OH is 1. The molecule has 0 aliphatic carbocycles. The van der Waals surface area contributed by atoms with Gasteiger partial charge in [-0.25, -0.2) is 0 Å². The van der Waals surface area contributed by atoms with E-state index in [9.17, 15) is 23.1 Å². The minimum Gasteiger partial charge on any atom is -0.512 e. The van der Waals surface area contributed by atoms with Crippen molar-refractivity contribution in [2.45, 2.75) is 133 Å². The molecule has 1 radical (unpaired) electrons. The molecule has 0 amide bonds. The van der Waals surface area contributed by atoms with Gasteiger partial charge >= 0.3 is 6.18 Å². The van der Waals surface area contributed by atoms with E-state index in [1.807, 2.05) is 26.2 Å². The summed E-state index contributed by atoms with van der Waals surface area (Å²) >= 11 is 0. The van der Waals surface area contributed by atoms with Crippen LogP contribution in [0.3, 0.4) is 0 Å². The molecule has 2 aromatic heterocycles. The largest absolute Gasteiger partial charge is 0.512 e. The Balaban J connectivity index is 0.000000256. The van der Waals surface area contributed by atoms with Gasteiger partial charge in [0, 0.05) is 50.4 Å². The summed E-state index contributed by atoms with van der Waals surface area (Å²) in [5.41, 5.74) is 11.1. The van der Waals surface area contributed by atoms with Crippen molar-refractivity contribution in [2.24, 2.45) is 11.8 Å². The first-order chi connectivity index (χ1) is 29.6. The summed E-state index contributed by atoms with van der Waals surface area (Å²) in [5, 5.41) is 16.1. The van der Waals surface area contributed by atoms with Crippen molar-refractivity contribution in [1.82, 2.24) is 9.97 Å². The average molecular weight is 1070 g/mol. The van der Waals surface area contributed by atoms with Crippen molar-refractivity contribution in [3.8, 4) is 22.5 Å². The summed E-state index contributed by atoms with van der Waals surface area (Å²) < 4.78 is 36.8. The van der Waals surface area contributed by atoms with Crippen LogP contribution in [0.2, 0.25) is 18.6 Å². The molecule has 2 heterocycles. The molecule has 64 heavy (non-hydrogen) atoms. The van der Waals surface area contributed by atoms with Crippen LogP contribution in [0.5, 0.6) is 0 Å². The predicted molar refractivity (Wildman–Crippen MR) is 262 cm³/mol. The van der Waals surface area contributed by atoms with E-state index in [4.69, 9.17) is 0 Å². The van der Waals surface area contributed by atoms with Crippen LogP contribution in [0.15, 0.2) is 97.0 Å². The number of allylic oxidation sites excluding steroid dienone is 2. The smallest absolute Gasteiger partial charge is 0.389 e. The maximum absolute atomic E-state index is 12.3. The number of aromatic nitrogens is 2. The number of alkyl halides is 3. The Kier molecular flexibility index (Phi) is 19.9. The fourth-order valence-corrected chi connectivity index (χ4v) is 9.46. The number of carbonyl (C=O) groups excluding carboxylic acids is 1. The summed E-state index contributed by atoms with van der Waals surface area (Å²) in [5.74, 6) is -1.46. The third-order valence-electron chi connectivity index (χ3n) is 12.3. The van der Waals surface area contributed by atoms with Crippen LogP contribution in [0, 0.1) is 51.7 Å². The summed E-state index contributed by atoms with van der Waals surface area (Å²) in [4.78, 5) is 21.0.